The first-order valence-corrected chi connectivity index (χ1v) is 8.94. The molecule has 138 valence electrons. The molecule has 27 heavy (non-hydrogen) atoms. The molecule has 2 aromatic heterocycles. The molecule has 0 unspecified atom stereocenters. The van der Waals surface area contributed by atoms with E-state index >= 15 is 0 Å². The lowest BCUT2D eigenvalue weighted by atomic mass is 10.2. The van der Waals surface area contributed by atoms with Crippen LogP contribution in [0, 0.1) is 0 Å². The van der Waals surface area contributed by atoms with Gasteiger partial charge in [0.2, 0.25) is 5.91 Å². The summed E-state index contributed by atoms with van der Waals surface area (Å²) >= 11 is 6.19. The van der Waals surface area contributed by atoms with Crippen LogP contribution in [0.15, 0.2) is 48.7 Å². The van der Waals surface area contributed by atoms with Crippen LogP contribution >= 0.6 is 11.6 Å². The van der Waals surface area contributed by atoms with Gasteiger partial charge < -0.3 is 14.4 Å². The number of ether oxygens (including phenoxy) is 2. The van der Waals surface area contributed by atoms with Gasteiger partial charge in [-0.2, -0.15) is 0 Å². The van der Waals surface area contributed by atoms with Crippen LogP contribution in [0.2, 0.25) is 5.15 Å². The molecule has 0 spiro atoms. The normalized spacial score (nSPS) is 13.3. The van der Waals surface area contributed by atoms with Crippen LogP contribution in [-0.4, -0.2) is 40.5 Å². The summed E-state index contributed by atoms with van der Waals surface area (Å²) < 4.78 is 12.9. The van der Waals surface area contributed by atoms with E-state index in [9.17, 15) is 4.79 Å². The monoisotopic (exact) mass is 383 g/mol. The molecule has 6 nitrogen and oxygen atoms in total. The Hall–Kier alpha value is -2.99. The van der Waals surface area contributed by atoms with E-state index in [4.69, 9.17) is 21.1 Å². The van der Waals surface area contributed by atoms with E-state index in [1.807, 2.05) is 47.0 Å². The average molecular weight is 384 g/mol. The minimum atomic E-state index is -0.133. The van der Waals surface area contributed by atoms with Crippen molar-refractivity contribution in [1.82, 2.24) is 14.3 Å². The third-order valence-corrected chi connectivity index (χ3v) is 4.59. The maximum Gasteiger partial charge on any atom is 0.246 e. The van der Waals surface area contributed by atoms with Gasteiger partial charge in [-0.15, -0.1) is 0 Å². The van der Waals surface area contributed by atoms with E-state index in [1.54, 1.807) is 18.0 Å². The summed E-state index contributed by atoms with van der Waals surface area (Å²) in [5.41, 5.74) is 2.38. The van der Waals surface area contributed by atoms with Gasteiger partial charge in [0.1, 0.15) is 18.9 Å². The lowest BCUT2D eigenvalue weighted by molar-refractivity contribution is -0.125. The number of carbonyl (C=O) groups excluding carboxylic acids is 1. The van der Waals surface area contributed by atoms with Gasteiger partial charge in [0.25, 0.3) is 0 Å². The van der Waals surface area contributed by atoms with Crippen molar-refractivity contribution in [3.63, 3.8) is 0 Å². The summed E-state index contributed by atoms with van der Waals surface area (Å²) in [6.07, 6.45) is 5.04. The highest BCUT2D eigenvalue weighted by Gasteiger charge is 2.14. The number of imidazole rings is 1. The lowest BCUT2D eigenvalue weighted by Crippen LogP contribution is -2.24. The number of nitrogens with zero attached hydrogens (tertiary/aromatic N) is 3. The van der Waals surface area contributed by atoms with Crippen LogP contribution in [0.25, 0.3) is 11.7 Å². The van der Waals surface area contributed by atoms with Crippen LogP contribution < -0.4 is 9.47 Å². The first-order chi connectivity index (χ1) is 13.1. The van der Waals surface area contributed by atoms with E-state index in [2.05, 4.69) is 4.98 Å². The zero-order chi connectivity index (χ0) is 18.8. The maximum absolute atomic E-state index is 12.5. The minimum Gasteiger partial charge on any atom is -0.486 e. The van der Waals surface area contributed by atoms with Gasteiger partial charge >= 0.3 is 0 Å². The molecule has 1 amide bonds. The van der Waals surface area contributed by atoms with Crippen LogP contribution in [0.4, 0.5) is 0 Å². The summed E-state index contributed by atoms with van der Waals surface area (Å²) in [5, 5.41) is 0.361. The second kappa shape index (κ2) is 7.32. The molecule has 0 atom stereocenters. The second-order valence-corrected chi connectivity index (χ2v) is 6.58. The molecule has 3 heterocycles. The highest BCUT2D eigenvalue weighted by Crippen LogP contribution is 2.31. The average Bonchev–Trinajstić information content (AvgIpc) is 3.01. The Morgan fingerprint density at radius 3 is 2.93 bits per heavy atom. The van der Waals surface area contributed by atoms with Crippen LogP contribution in [0.5, 0.6) is 11.5 Å². The number of amides is 1. The zero-order valence-electron chi connectivity index (χ0n) is 14.8. The predicted octanol–water partition coefficient (Wildman–Crippen LogP) is 3.43. The smallest absolute Gasteiger partial charge is 0.246 e. The van der Waals surface area contributed by atoms with Crippen LogP contribution in [0.3, 0.4) is 0 Å². The highest BCUT2D eigenvalue weighted by atomic mass is 35.5. The van der Waals surface area contributed by atoms with Gasteiger partial charge in [-0.05, 0) is 35.9 Å². The summed E-state index contributed by atoms with van der Waals surface area (Å²) in [5.74, 6) is 1.32. The fraction of sp³-hybridized carbons (Fsp3) is 0.200. The molecule has 7 heteroatoms. The molecule has 4 rings (SSSR count). The molecule has 0 saturated carbocycles. The Morgan fingerprint density at radius 2 is 2.07 bits per heavy atom. The zero-order valence-corrected chi connectivity index (χ0v) is 15.5. The van der Waals surface area contributed by atoms with Crippen LogP contribution in [0.1, 0.15) is 11.3 Å². The maximum atomic E-state index is 12.5. The number of fused-ring (bicyclic) bond motifs is 2. The number of hydrogen-bond acceptors (Lipinski definition) is 4. The first-order valence-electron chi connectivity index (χ1n) is 8.56. The number of aromatic nitrogens is 2. The summed E-state index contributed by atoms with van der Waals surface area (Å²) in [4.78, 5) is 18.4. The van der Waals surface area contributed by atoms with Gasteiger partial charge in [-0.25, -0.2) is 4.98 Å². The minimum absolute atomic E-state index is 0.133. The SMILES string of the molecule is CN(Cc1ccc2c(c1)OCCO2)C(=O)/C=C/c1c(Cl)nc2ccccn12. The number of benzene rings is 1. The van der Waals surface area contributed by atoms with E-state index in [1.165, 1.54) is 6.08 Å². The highest BCUT2D eigenvalue weighted by molar-refractivity contribution is 6.31. The molecule has 1 aliphatic rings. The molecule has 0 radical (unpaired) electrons. The van der Waals surface area contributed by atoms with E-state index in [0.717, 1.165) is 17.0 Å². The van der Waals surface area contributed by atoms with Gasteiger partial charge in [-0.1, -0.05) is 23.7 Å². The molecule has 0 aliphatic carbocycles. The van der Waals surface area contributed by atoms with Crippen molar-refractivity contribution in [3.05, 3.63) is 65.1 Å². The first kappa shape index (κ1) is 17.4. The Labute approximate surface area is 161 Å². The Morgan fingerprint density at radius 1 is 1.26 bits per heavy atom. The number of pyridine rings is 1. The summed E-state index contributed by atoms with van der Waals surface area (Å²) in [7, 11) is 1.75. The third-order valence-electron chi connectivity index (χ3n) is 4.31. The lowest BCUT2D eigenvalue weighted by Gasteiger charge is -2.20. The molecule has 1 aromatic carbocycles. The van der Waals surface area contributed by atoms with Crippen molar-refractivity contribution in [3.8, 4) is 11.5 Å². The number of rotatable bonds is 4. The standard InChI is InChI=1S/C20H18ClN3O3/c1-23(13-14-5-7-16-17(12-14)27-11-10-26-16)19(25)8-6-15-20(21)22-18-4-2-3-9-24(15)18/h2-9,12H,10-11,13H2,1H3/b8-6+. The van der Waals surface area contributed by atoms with E-state index < -0.39 is 0 Å². The molecular formula is C20H18ClN3O3. The summed E-state index contributed by atoms with van der Waals surface area (Å²) in [6.45, 7) is 1.55. The number of likely N-dealkylation sites (N-methyl/N-ethyl adjacent to an activating group) is 1. The third kappa shape index (κ3) is 3.61. The van der Waals surface area contributed by atoms with E-state index in [-0.39, 0.29) is 5.91 Å². The Balaban J connectivity index is 1.47. The molecule has 0 bridgehead atoms. The molecule has 0 N–H and O–H groups in total. The topological polar surface area (TPSA) is 56.1 Å². The molecular weight excluding hydrogens is 366 g/mol. The quantitative estimate of drug-likeness (QED) is 0.648. The van der Waals surface area contributed by atoms with Crippen molar-refractivity contribution in [2.24, 2.45) is 0 Å². The molecule has 1 aliphatic heterocycles. The molecule has 0 saturated heterocycles. The fourth-order valence-electron chi connectivity index (χ4n) is 2.95. The molecule has 3 aromatic rings. The van der Waals surface area contributed by atoms with Gasteiger partial charge in [-0.3, -0.25) is 9.20 Å². The van der Waals surface area contributed by atoms with Crippen molar-refractivity contribution in [2.75, 3.05) is 20.3 Å². The Bertz CT molecular complexity index is 1030. The van der Waals surface area contributed by atoms with Gasteiger partial charge in [0.15, 0.2) is 16.7 Å². The van der Waals surface area contributed by atoms with Crippen molar-refractivity contribution in [2.45, 2.75) is 6.54 Å². The number of hydrogen-bond donors (Lipinski definition) is 0. The Kier molecular flexibility index (Phi) is 4.73. The fourth-order valence-corrected chi connectivity index (χ4v) is 3.19. The largest absolute Gasteiger partial charge is 0.486 e. The predicted molar refractivity (Wildman–Crippen MR) is 103 cm³/mol. The number of carbonyl (C=O) groups is 1. The van der Waals surface area contributed by atoms with Gasteiger partial charge in [0, 0.05) is 25.9 Å². The van der Waals surface area contributed by atoms with Crippen molar-refractivity contribution in [1.29, 1.82) is 0 Å². The van der Waals surface area contributed by atoms with Crippen molar-refractivity contribution >= 4 is 29.2 Å². The van der Waals surface area contributed by atoms with Crippen molar-refractivity contribution < 1.29 is 14.3 Å². The van der Waals surface area contributed by atoms with E-state index in [0.29, 0.717) is 36.4 Å². The van der Waals surface area contributed by atoms with Crippen LogP contribution in [-0.2, 0) is 11.3 Å². The second-order valence-electron chi connectivity index (χ2n) is 6.22. The summed E-state index contributed by atoms with van der Waals surface area (Å²) in [6, 6.07) is 11.3. The molecule has 0 fully saturated rings. The number of halogens is 1. The van der Waals surface area contributed by atoms with Gasteiger partial charge in [0.05, 0.1) is 5.69 Å².